The Kier molecular flexibility index (Phi) is 4.66. The average molecular weight is 282 g/mol. The van der Waals surface area contributed by atoms with Gasteiger partial charge in [-0.25, -0.2) is 0 Å². The number of piperidine rings is 1. The number of likely N-dealkylation sites (tertiary alicyclic amines) is 1. The molecule has 0 radical (unpaired) electrons. The summed E-state index contributed by atoms with van der Waals surface area (Å²) in [6.45, 7) is 4.61. The van der Waals surface area contributed by atoms with Gasteiger partial charge in [0.05, 0.1) is 17.9 Å². The highest BCUT2D eigenvalue weighted by Crippen LogP contribution is 2.23. The number of hydrogen-bond donors (Lipinski definition) is 2. The Labute approximate surface area is 118 Å². The molecule has 0 bridgehead atoms. The fraction of sp³-hybridized carbons (Fsp3) is 0.500. The quantitative estimate of drug-likeness (QED) is 0.837. The molecule has 1 atom stereocenters. The summed E-state index contributed by atoms with van der Waals surface area (Å²) in [6.07, 6.45) is 2.41. The molecule has 0 spiro atoms. The number of carbonyl (C=O) groups excluding carboxylic acids is 1. The lowest BCUT2D eigenvalue weighted by molar-refractivity contribution is -0.117. The SMILES string of the molecule is CC1CCCN(CC(=O)Nc2cc(Cl)ccc2N)C1. The number of amides is 1. The molecule has 1 heterocycles. The predicted molar refractivity (Wildman–Crippen MR) is 79.3 cm³/mol. The van der Waals surface area contributed by atoms with Crippen LogP contribution in [0.5, 0.6) is 0 Å². The van der Waals surface area contributed by atoms with E-state index in [9.17, 15) is 4.79 Å². The van der Waals surface area contributed by atoms with Crippen molar-refractivity contribution in [1.82, 2.24) is 4.90 Å². The Hall–Kier alpha value is -1.26. The lowest BCUT2D eigenvalue weighted by Crippen LogP contribution is -2.39. The van der Waals surface area contributed by atoms with Crippen molar-refractivity contribution in [3.8, 4) is 0 Å². The van der Waals surface area contributed by atoms with Crippen molar-refractivity contribution in [2.24, 2.45) is 5.92 Å². The molecule has 1 unspecified atom stereocenters. The summed E-state index contributed by atoms with van der Waals surface area (Å²) < 4.78 is 0. The molecule has 3 N–H and O–H groups in total. The monoisotopic (exact) mass is 281 g/mol. The van der Waals surface area contributed by atoms with Gasteiger partial charge >= 0.3 is 0 Å². The number of nitrogen functional groups attached to an aromatic ring is 1. The van der Waals surface area contributed by atoms with Gasteiger partial charge in [0.1, 0.15) is 0 Å². The van der Waals surface area contributed by atoms with Gasteiger partial charge in [0.15, 0.2) is 0 Å². The molecular formula is C14H20ClN3O. The van der Waals surface area contributed by atoms with Crippen molar-refractivity contribution < 1.29 is 4.79 Å². The number of hydrogen-bond acceptors (Lipinski definition) is 3. The van der Waals surface area contributed by atoms with Gasteiger partial charge in [-0.05, 0) is 43.5 Å². The van der Waals surface area contributed by atoms with Gasteiger partial charge in [-0.1, -0.05) is 18.5 Å². The second-order valence-electron chi connectivity index (χ2n) is 5.26. The maximum Gasteiger partial charge on any atom is 0.238 e. The van der Waals surface area contributed by atoms with Crippen LogP contribution in [-0.4, -0.2) is 30.4 Å². The third-order valence-electron chi connectivity index (χ3n) is 3.40. The van der Waals surface area contributed by atoms with Crippen LogP contribution in [0.15, 0.2) is 18.2 Å². The predicted octanol–water partition coefficient (Wildman–Crippen LogP) is 2.59. The van der Waals surface area contributed by atoms with Gasteiger partial charge in [0, 0.05) is 11.6 Å². The van der Waals surface area contributed by atoms with E-state index >= 15 is 0 Å². The van der Waals surface area contributed by atoms with Gasteiger partial charge in [-0.3, -0.25) is 9.69 Å². The van der Waals surface area contributed by atoms with Crippen LogP contribution in [0.3, 0.4) is 0 Å². The first-order chi connectivity index (χ1) is 9.04. The highest BCUT2D eigenvalue weighted by atomic mass is 35.5. The molecule has 19 heavy (non-hydrogen) atoms. The summed E-state index contributed by atoms with van der Waals surface area (Å²) in [5.74, 6) is 0.626. The smallest absolute Gasteiger partial charge is 0.238 e. The molecular weight excluding hydrogens is 262 g/mol. The van der Waals surface area contributed by atoms with E-state index in [0.717, 1.165) is 19.5 Å². The summed E-state index contributed by atoms with van der Waals surface area (Å²) in [5.41, 5.74) is 6.92. The van der Waals surface area contributed by atoms with Crippen LogP contribution in [0.2, 0.25) is 5.02 Å². The summed E-state index contributed by atoms with van der Waals surface area (Å²) in [7, 11) is 0. The molecule has 1 amide bonds. The maximum absolute atomic E-state index is 12.0. The minimum absolute atomic E-state index is 0.0388. The van der Waals surface area contributed by atoms with Crippen molar-refractivity contribution in [3.05, 3.63) is 23.2 Å². The number of halogens is 1. The molecule has 1 aliphatic rings. The second kappa shape index (κ2) is 6.26. The molecule has 1 aromatic carbocycles. The molecule has 1 fully saturated rings. The highest BCUT2D eigenvalue weighted by molar-refractivity contribution is 6.31. The molecule has 0 aromatic heterocycles. The summed E-state index contributed by atoms with van der Waals surface area (Å²) >= 11 is 5.89. The molecule has 0 saturated carbocycles. The average Bonchev–Trinajstić information content (AvgIpc) is 2.34. The first-order valence-electron chi connectivity index (χ1n) is 6.62. The molecule has 0 aliphatic carbocycles. The Morgan fingerprint density at radius 1 is 1.58 bits per heavy atom. The normalized spacial score (nSPS) is 20.2. The number of nitrogens with zero attached hydrogens (tertiary/aromatic N) is 1. The van der Waals surface area contributed by atoms with E-state index in [2.05, 4.69) is 17.1 Å². The summed E-state index contributed by atoms with van der Waals surface area (Å²) in [6, 6.07) is 5.08. The zero-order valence-electron chi connectivity index (χ0n) is 11.2. The van der Waals surface area contributed by atoms with Crippen molar-refractivity contribution in [3.63, 3.8) is 0 Å². The van der Waals surface area contributed by atoms with Crippen LogP contribution in [0.1, 0.15) is 19.8 Å². The van der Waals surface area contributed by atoms with Crippen molar-refractivity contribution in [2.45, 2.75) is 19.8 Å². The molecule has 1 saturated heterocycles. The first kappa shape index (κ1) is 14.2. The van der Waals surface area contributed by atoms with Crippen molar-refractivity contribution in [2.75, 3.05) is 30.7 Å². The van der Waals surface area contributed by atoms with Crippen LogP contribution >= 0.6 is 11.6 Å². The minimum atomic E-state index is -0.0388. The molecule has 4 nitrogen and oxygen atoms in total. The Morgan fingerprint density at radius 2 is 2.37 bits per heavy atom. The van der Waals surface area contributed by atoms with Crippen molar-refractivity contribution >= 4 is 28.9 Å². The molecule has 5 heteroatoms. The molecule has 104 valence electrons. The van der Waals surface area contributed by atoms with Gasteiger partial charge < -0.3 is 11.1 Å². The zero-order chi connectivity index (χ0) is 13.8. The lowest BCUT2D eigenvalue weighted by atomic mass is 10.0. The van der Waals surface area contributed by atoms with E-state index in [1.165, 1.54) is 6.42 Å². The Balaban J connectivity index is 1.92. The maximum atomic E-state index is 12.0. The van der Waals surface area contributed by atoms with Crippen molar-refractivity contribution in [1.29, 1.82) is 0 Å². The zero-order valence-corrected chi connectivity index (χ0v) is 11.9. The third kappa shape index (κ3) is 4.11. The van der Waals surface area contributed by atoms with E-state index in [1.54, 1.807) is 18.2 Å². The standard InChI is InChI=1S/C14H20ClN3O/c1-10-3-2-6-18(8-10)9-14(19)17-13-7-11(15)4-5-12(13)16/h4-5,7,10H,2-3,6,8-9,16H2,1H3,(H,17,19). The number of nitrogens with one attached hydrogen (secondary N) is 1. The van der Waals surface area contributed by atoms with Crippen LogP contribution in [0, 0.1) is 5.92 Å². The topological polar surface area (TPSA) is 58.4 Å². The summed E-state index contributed by atoms with van der Waals surface area (Å²) in [5, 5.41) is 3.39. The largest absolute Gasteiger partial charge is 0.397 e. The molecule has 1 aromatic rings. The van der Waals surface area contributed by atoms with Crippen LogP contribution in [0.4, 0.5) is 11.4 Å². The molecule has 1 aliphatic heterocycles. The summed E-state index contributed by atoms with van der Waals surface area (Å²) in [4.78, 5) is 14.2. The number of nitrogens with two attached hydrogens (primary N) is 1. The number of benzene rings is 1. The Morgan fingerprint density at radius 3 is 3.11 bits per heavy atom. The highest BCUT2D eigenvalue weighted by Gasteiger charge is 2.18. The fourth-order valence-corrected chi connectivity index (χ4v) is 2.63. The van der Waals surface area contributed by atoms with Crippen LogP contribution in [0.25, 0.3) is 0 Å². The Bertz CT molecular complexity index is 464. The van der Waals surface area contributed by atoms with E-state index in [0.29, 0.717) is 28.9 Å². The first-order valence-corrected chi connectivity index (χ1v) is 6.99. The van der Waals surface area contributed by atoms with Gasteiger partial charge in [0.25, 0.3) is 0 Å². The van der Waals surface area contributed by atoms with Gasteiger partial charge in [-0.15, -0.1) is 0 Å². The number of rotatable bonds is 3. The minimum Gasteiger partial charge on any atom is -0.397 e. The van der Waals surface area contributed by atoms with Gasteiger partial charge in [0.2, 0.25) is 5.91 Å². The van der Waals surface area contributed by atoms with E-state index in [-0.39, 0.29) is 5.91 Å². The third-order valence-corrected chi connectivity index (χ3v) is 3.63. The number of anilines is 2. The van der Waals surface area contributed by atoms with Crippen LogP contribution < -0.4 is 11.1 Å². The van der Waals surface area contributed by atoms with E-state index in [1.807, 2.05) is 0 Å². The second-order valence-corrected chi connectivity index (χ2v) is 5.70. The number of carbonyl (C=O) groups is 1. The van der Waals surface area contributed by atoms with Crippen LogP contribution in [-0.2, 0) is 4.79 Å². The van der Waals surface area contributed by atoms with Gasteiger partial charge in [-0.2, -0.15) is 0 Å². The lowest BCUT2D eigenvalue weighted by Gasteiger charge is -2.30. The fourth-order valence-electron chi connectivity index (χ4n) is 2.46. The molecule has 2 rings (SSSR count). The van der Waals surface area contributed by atoms with E-state index < -0.39 is 0 Å². The van der Waals surface area contributed by atoms with E-state index in [4.69, 9.17) is 17.3 Å².